The monoisotopic (exact) mass is 285 g/mol. The second-order valence-electron chi connectivity index (χ2n) is 3.58. The van der Waals surface area contributed by atoms with Crippen molar-refractivity contribution in [2.45, 2.75) is 20.3 Å². The first-order valence-corrected chi connectivity index (χ1v) is 6.16. The zero-order valence-corrected chi connectivity index (χ0v) is 11.1. The van der Waals surface area contributed by atoms with Crippen LogP contribution in [0, 0.1) is 0 Å². The van der Waals surface area contributed by atoms with Gasteiger partial charge in [0.25, 0.3) is 0 Å². The van der Waals surface area contributed by atoms with E-state index in [4.69, 9.17) is 5.11 Å². The van der Waals surface area contributed by atoms with Crippen LogP contribution >= 0.6 is 15.9 Å². The van der Waals surface area contributed by atoms with Crippen molar-refractivity contribution in [2.75, 3.05) is 18.0 Å². The highest BCUT2D eigenvalue weighted by molar-refractivity contribution is 9.10. The van der Waals surface area contributed by atoms with Gasteiger partial charge in [0.1, 0.15) is 0 Å². The maximum absolute atomic E-state index is 10.9. The lowest BCUT2D eigenvalue weighted by molar-refractivity contribution is 0.0697. The van der Waals surface area contributed by atoms with Gasteiger partial charge in [-0.05, 0) is 31.5 Å². The number of hydrogen-bond acceptors (Lipinski definition) is 2. The Morgan fingerprint density at radius 2 is 2.06 bits per heavy atom. The Morgan fingerprint density at radius 1 is 1.38 bits per heavy atom. The molecule has 1 rings (SSSR count). The minimum atomic E-state index is -0.893. The number of carboxylic acids is 1. The standard InChI is InChI=1S/C12H16BrNO2/c1-3-5-14(4-2)11-7-9(12(15)16)6-10(13)8-11/h6-8H,3-5H2,1-2H3,(H,15,16). The average Bonchev–Trinajstić information content (AvgIpc) is 2.24. The minimum Gasteiger partial charge on any atom is -0.478 e. The zero-order chi connectivity index (χ0) is 12.1. The average molecular weight is 286 g/mol. The first-order valence-electron chi connectivity index (χ1n) is 5.37. The summed E-state index contributed by atoms with van der Waals surface area (Å²) < 4.78 is 0.803. The van der Waals surface area contributed by atoms with E-state index in [9.17, 15) is 4.79 Å². The highest BCUT2D eigenvalue weighted by Gasteiger charge is 2.09. The third-order valence-electron chi connectivity index (χ3n) is 2.37. The summed E-state index contributed by atoms with van der Waals surface area (Å²) in [6.45, 7) is 5.99. The predicted octanol–water partition coefficient (Wildman–Crippen LogP) is 3.38. The van der Waals surface area contributed by atoms with Crippen LogP contribution in [0.15, 0.2) is 22.7 Å². The van der Waals surface area contributed by atoms with E-state index in [-0.39, 0.29) is 0 Å². The second kappa shape index (κ2) is 5.89. The third-order valence-corrected chi connectivity index (χ3v) is 2.83. The summed E-state index contributed by atoms with van der Waals surface area (Å²) in [5, 5.41) is 8.98. The number of rotatable bonds is 5. The summed E-state index contributed by atoms with van der Waals surface area (Å²) in [4.78, 5) is 13.1. The molecule has 0 fully saturated rings. The van der Waals surface area contributed by atoms with Gasteiger partial charge in [-0.25, -0.2) is 4.79 Å². The van der Waals surface area contributed by atoms with Crippen LogP contribution < -0.4 is 4.90 Å². The van der Waals surface area contributed by atoms with Crippen molar-refractivity contribution in [2.24, 2.45) is 0 Å². The van der Waals surface area contributed by atoms with Crippen LogP contribution in [-0.4, -0.2) is 24.2 Å². The summed E-state index contributed by atoms with van der Waals surface area (Å²) in [6, 6.07) is 5.28. The van der Waals surface area contributed by atoms with Gasteiger partial charge in [0.2, 0.25) is 0 Å². The van der Waals surface area contributed by atoms with Crippen LogP contribution in [0.2, 0.25) is 0 Å². The molecule has 0 saturated heterocycles. The van der Waals surface area contributed by atoms with E-state index in [2.05, 4.69) is 34.7 Å². The lowest BCUT2D eigenvalue weighted by Gasteiger charge is -2.23. The Labute approximate surface area is 104 Å². The Kier molecular flexibility index (Phi) is 4.80. The van der Waals surface area contributed by atoms with Gasteiger partial charge in [0.05, 0.1) is 5.56 Å². The molecule has 4 heteroatoms. The maximum atomic E-state index is 10.9. The number of anilines is 1. The molecule has 0 aliphatic rings. The Balaban J connectivity index is 3.07. The maximum Gasteiger partial charge on any atom is 0.335 e. The van der Waals surface area contributed by atoms with Crippen molar-refractivity contribution in [3.63, 3.8) is 0 Å². The molecule has 3 nitrogen and oxygen atoms in total. The van der Waals surface area contributed by atoms with Gasteiger partial charge in [-0.3, -0.25) is 0 Å². The molecular weight excluding hydrogens is 270 g/mol. The molecule has 0 bridgehead atoms. The van der Waals surface area contributed by atoms with Crippen molar-refractivity contribution >= 4 is 27.6 Å². The van der Waals surface area contributed by atoms with Gasteiger partial charge in [-0.15, -0.1) is 0 Å². The lowest BCUT2D eigenvalue weighted by Crippen LogP contribution is -2.23. The smallest absolute Gasteiger partial charge is 0.335 e. The van der Waals surface area contributed by atoms with Gasteiger partial charge in [-0.2, -0.15) is 0 Å². The molecule has 0 aliphatic heterocycles. The van der Waals surface area contributed by atoms with Gasteiger partial charge in [0.15, 0.2) is 0 Å². The van der Waals surface area contributed by atoms with Crippen LogP contribution in [-0.2, 0) is 0 Å². The number of carbonyl (C=O) groups is 1. The fourth-order valence-corrected chi connectivity index (χ4v) is 2.10. The van der Waals surface area contributed by atoms with Crippen molar-refractivity contribution in [1.82, 2.24) is 0 Å². The molecule has 1 N–H and O–H groups in total. The van der Waals surface area contributed by atoms with Crippen molar-refractivity contribution in [3.05, 3.63) is 28.2 Å². The van der Waals surface area contributed by atoms with Crippen molar-refractivity contribution in [3.8, 4) is 0 Å². The zero-order valence-electron chi connectivity index (χ0n) is 9.53. The summed E-state index contributed by atoms with van der Waals surface area (Å²) in [5.74, 6) is -0.893. The fraction of sp³-hybridized carbons (Fsp3) is 0.417. The normalized spacial score (nSPS) is 10.2. The molecule has 1 aromatic rings. The number of nitrogens with zero attached hydrogens (tertiary/aromatic N) is 1. The molecule has 0 radical (unpaired) electrons. The van der Waals surface area contributed by atoms with Crippen LogP contribution in [0.4, 0.5) is 5.69 Å². The largest absolute Gasteiger partial charge is 0.478 e. The van der Waals surface area contributed by atoms with E-state index in [1.165, 1.54) is 0 Å². The fourth-order valence-electron chi connectivity index (χ4n) is 1.62. The van der Waals surface area contributed by atoms with E-state index in [0.29, 0.717) is 5.56 Å². The molecule has 0 aromatic heterocycles. The molecule has 0 atom stereocenters. The molecule has 88 valence electrons. The Hall–Kier alpha value is -1.03. The van der Waals surface area contributed by atoms with Gasteiger partial charge >= 0.3 is 5.97 Å². The SMILES string of the molecule is CCCN(CC)c1cc(Br)cc(C(=O)O)c1. The predicted molar refractivity (Wildman–Crippen MR) is 69.3 cm³/mol. The Morgan fingerprint density at radius 3 is 2.56 bits per heavy atom. The van der Waals surface area contributed by atoms with E-state index >= 15 is 0 Å². The van der Waals surface area contributed by atoms with E-state index in [1.54, 1.807) is 12.1 Å². The van der Waals surface area contributed by atoms with E-state index in [1.807, 2.05) is 6.07 Å². The quantitative estimate of drug-likeness (QED) is 0.902. The summed E-state index contributed by atoms with van der Waals surface area (Å²) in [5.41, 5.74) is 1.27. The van der Waals surface area contributed by atoms with Crippen molar-refractivity contribution in [1.29, 1.82) is 0 Å². The number of carboxylic acid groups (broad SMARTS) is 1. The van der Waals surface area contributed by atoms with Crippen LogP contribution in [0.5, 0.6) is 0 Å². The highest BCUT2D eigenvalue weighted by atomic mass is 79.9. The number of aromatic carboxylic acids is 1. The van der Waals surface area contributed by atoms with Crippen molar-refractivity contribution < 1.29 is 9.90 Å². The minimum absolute atomic E-state index is 0.318. The van der Waals surface area contributed by atoms with E-state index in [0.717, 1.165) is 29.7 Å². The van der Waals surface area contributed by atoms with Gasteiger partial charge in [-0.1, -0.05) is 22.9 Å². The molecule has 0 amide bonds. The molecule has 0 aliphatic carbocycles. The van der Waals surface area contributed by atoms with Gasteiger partial charge < -0.3 is 10.0 Å². The summed E-state index contributed by atoms with van der Waals surface area (Å²) in [7, 11) is 0. The first-order chi connectivity index (χ1) is 7.58. The number of hydrogen-bond donors (Lipinski definition) is 1. The molecule has 0 spiro atoms. The number of benzene rings is 1. The Bertz CT molecular complexity index is 379. The summed E-state index contributed by atoms with van der Waals surface area (Å²) >= 11 is 3.34. The van der Waals surface area contributed by atoms with Crippen LogP contribution in [0.1, 0.15) is 30.6 Å². The molecule has 0 heterocycles. The molecule has 0 unspecified atom stereocenters. The molecule has 16 heavy (non-hydrogen) atoms. The van der Waals surface area contributed by atoms with Crippen LogP contribution in [0.3, 0.4) is 0 Å². The number of halogens is 1. The second-order valence-corrected chi connectivity index (χ2v) is 4.50. The molecule has 0 saturated carbocycles. The lowest BCUT2D eigenvalue weighted by atomic mass is 10.2. The van der Waals surface area contributed by atoms with Gasteiger partial charge in [0, 0.05) is 23.2 Å². The first kappa shape index (κ1) is 13.0. The third kappa shape index (κ3) is 3.23. The topological polar surface area (TPSA) is 40.5 Å². The van der Waals surface area contributed by atoms with E-state index < -0.39 is 5.97 Å². The van der Waals surface area contributed by atoms with Crippen LogP contribution in [0.25, 0.3) is 0 Å². The summed E-state index contributed by atoms with van der Waals surface area (Å²) in [6.07, 6.45) is 1.04. The highest BCUT2D eigenvalue weighted by Crippen LogP contribution is 2.23. The molecule has 1 aromatic carbocycles. The molecular formula is C12H16BrNO2.